The van der Waals surface area contributed by atoms with Gasteiger partial charge in [0.25, 0.3) is 5.69 Å². The number of nitro groups is 1. The van der Waals surface area contributed by atoms with Crippen molar-refractivity contribution in [1.82, 2.24) is 9.97 Å². The lowest BCUT2D eigenvalue weighted by Gasteiger charge is -2.10. The quantitative estimate of drug-likeness (QED) is 0.555. The van der Waals surface area contributed by atoms with Gasteiger partial charge >= 0.3 is 5.69 Å². The summed E-state index contributed by atoms with van der Waals surface area (Å²) in [6, 6.07) is 2.66. The van der Waals surface area contributed by atoms with Crippen LogP contribution in [-0.2, 0) is 6.42 Å². The molecule has 0 aliphatic rings. The van der Waals surface area contributed by atoms with Crippen LogP contribution in [0.2, 0.25) is 0 Å². The molecular formula is C12H13N3O6. The first-order valence-corrected chi connectivity index (χ1v) is 5.85. The molecular weight excluding hydrogens is 282 g/mol. The van der Waals surface area contributed by atoms with Crippen LogP contribution < -0.4 is 15.2 Å². The molecule has 9 nitrogen and oxygen atoms in total. The number of benzene rings is 1. The number of aromatic amines is 2. The van der Waals surface area contributed by atoms with E-state index in [2.05, 4.69) is 9.97 Å². The summed E-state index contributed by atoms with van der Waals surface area (Å²) in [6.07, 6.45) is -0.0404. The fraction of sp³-hybridized carbons (Fsp3) is 0.250. The summed E-state index contributed by atoms with van der Waals surface area (Å²) in [6.45, 7) is 0. The molecule has 1 aromatic carbocycles. The van der Waals surface area contributed by atoms with E-state index in [-0.39, 0.29) is 35.0 Å². The van der Waals surface area contributed by atoms with Gasteiger partial charge in [-0.05, 0) is 6.07 Å². The Kier molecular flexibility index (Phi) is 3.83. The highest BCUT2D eigenvalue weighted by Crippen LogP contribution is 2.35. The molecule has 1 aromatic heterocycles. The molecule has 21 heavy (non-hydrogen) atoms. The monoisotopic (exact) mass is 295 g/mol. The summed E-state index contributed by atoms with van der Waals surface area (Å²) >= 11 is 0. The van der Waals surface area contributed by atoms with E-state index in [1.165, 1.54) is 26.4 Å². The Labute approximate surface area is 118 Å². The van der Waals surface area contributed by atoms with Crippen LogP contribution >= 0.6 is 0 Å². The van der Waals surface area contributed by atoms with E-state index in [0.717, 1.165) is 0 Å². The second kappa shape index (κ2) is 5.57. The maximum absolute atomic E-state index is 11.1. The minimum atomic E-state index is -0.592. The molecule has 3 N–H and O–H groups in total. The van der Waals surface area contributed by atoms with Crippen LogP contribution in [0.4, 0.5) is 5.69 Å². The lowest BCUT2D eigenvalue weighted by molar-refractivity contribution is -0.385. The molecule has 0 bridgehead atoms. The number of methoxy groups -OCH3 is 2. The smallest absolute Gasteiger partial charge is 0.325 e. The molecule has 0 unspecified atom stereocenters. The molecule has 9 heteroatoms. The van der Waals surface area contributed by atoms with E-state index in [4.69, 9.17) is 9.47 Å². The standard InChI is InChI=1S/C12H13N3O6/c1-20-9-4-6(3-7-11(16)14-12(17)13-7)8(15(18)19)5-10(9)21-2/h4-5,16H,3H2,1-2H3,(H2,13,14,17). The van der Waals surface area contributed by atoms with E-state index in [0.29, 0.717) is 5.75 Å². The Hall–Kier alpha value is -2.97. The Bertz CT molecular complexity index is 733. The highest BCUT2D eigenvalue weighted by molar-refractivity contribution is 5.55. The van der Waals surface area contributed by atoms with Gasteiger partial charge in [0.2, 0.25) is 5.88 Å². The molecule has 2 rings (SSSR count). The van der Waals surface area contributed by atoms with Crippen LogP contribution in [0.1, 0.15) is 11.3 Å². The molecule has 0 atom stereocenters. The molecule has 0 saturated heterocycles. The zero-order chi connectivity index (χ0) is 15.6. The molecule has 0 aliphatic heterocycles. The van der Waals surface area contributed by atoms with Gasteiger partial charge in [0, 0.05) is 12.0 Å². The fourth-order valence-corrected chi connectivity index (χ4v) is 1.95. The molecule has 0 aliphatic carbocycles. The molecule has 112 valence electrons. The van der Waals surface area contributed by atoms with Gasteiger partial charge in [0.15, 0.2) is 11.5 Å². The van der Waals surface area contributed by atoms with E-state index in [1.54, 1.807) is 0 Å². The number of nitrogens with zero attached hydrogens (tertiary/aromatic N) is 1. The zero-order valence-electron chi connectivity index (χ0n) is 11.3. The van der Waals surface area contributed by atoms with Crippen molar-refractivity contribution in [3.63, 3.8) is 0 Å². The Balaban J connectivity index is 2.53. The highest BCUT2D eigenvalue weighted by Gasteiger charge is 2.21. The van der Waals surface area contributed by atoms with Crippen LogP contribution in [0.5, 0.6) is 17.4 Å². The second-order valence-electron chi connectivity index (χ2n) is 4.18. The highest BCUT2D eigenvalue weighted by atomic mass is 16.6. The lowest BCUT2D eigenvalue weighted by atomic mass is 10.1. The second-order valence-corrected chi connectivity index (χ2v) is 4.18. The predicted molar refractivity (Wildman–Crippen MR) is 72.1 cm³/mol. The van der Waals surface area contributed by atoms with Crippen LogP contribution in [0.3, 0.4) is 0 Å². The summed E-state index contributed by atoms with van der Waals surface area (Å²) in [4.78, 5) is 26.2. The van der Waals surface area contributed by atoms with Crippen molar-refractivity contribution in [3.05, 3.63) is 44.0 Å². The van der Waals surface area contributed by atoms with Crippen LogP contribution in [-0.4, -0.2) is 34.2 Å². The fourth-order valence-electron chi connectivity index (χ4n) is 1.95. The van der Waals surface area contributed by atoms with E-state index < -0.39 is 10.6 Å². The molecule has 0 saturated carbocycles. The third-order valence-corrected chi connectivity index (χ3v) is 2.93. The number of ether oxygens (including phenoxy) is 2. The number of nitrogens with one attached hydrogen (secondary N) is 2. The van der Waals surface area contributed by atoms with Gasteiger partial charge in [0.05, 0.1) is 30.9 Å². The maximum atomic E-state index is 11.1. The van der Waals surface area contributed by atoms with Gasteiger partial charge < -0.3 is 19.6 Å². The molecule has 0 amide bonds. The molecule has 1 heterocycles. The van der Waals surface area contributed by atoms with Crippen molar-refractivity contribution in [2.75, 3.05) is 14.2 Å². The van der Waals surface area contributed by atoms with E-state index in [1.807, 2.05) is 0 Å². The molecule has 0 fully saturated rings. The third-order valence-electron chi connectivity index (χ3n) is 2.93. The zero-order valence-corrected chi connectivity index (χ0v) is 11.3. The van der Waals surface area contributed by atoms with Gasteiger partial charge in [-0.2, -0.15) is 0 Å². The first-order valence-electron chi connectivity index (χ1n) is 5.85. The number of aromatic hydroxyl groups is 1. The van der Waals surface area contributed by atoms with Crippen LogP contribution in [0.25, 0.3) is 0 Å². The Morgan fingerprint density at radius 3 is 2.33 bits per heavy atom. The Morgan fingerprint density at radius 2 is 1.86 bits per heavy atom. The molecule has 2 aromatic rings. The van der Waals surface area contributed by atoms with Gasteiger partial charge in [-0.3, -0.25) is 15.1 Å². The first-order chi connectivity index (χ1) is 9.96. The van der Waals surface area contributed by atoms with Crippen molar-refractivity contribution in [3.8, 4) is 17.4 Å². The number of nitro benzene ring substituents is 1. The van der Waals surface area contributed by atoms with Crippen molar-refractivity contribution in [1.29, 1.82) is 0 Å². The predicted octanol–water partition coefficient (Wildman–Crippen LogP) is 0.925. The SMILES string of the molecule is COc1cc(Cc2[nH]c(=O)[nH]c2O)c([N+](=O)[O-])cc1OC. The largest absolute Gasteiger partial charge is 0.493 e. The summed E-state index contributed by atoms with van der Waals surface area (Å²) in [5.74, 6) is 0.180. The first kappa shape index (κ1) is 14.4. The summed E-state index contributed by atoms with van der Waals surface area (Å²) in [5.41, 5.74) is -0.377. The number of aromatic nitrogens is 2. The average molecular weight is 295 g/mol. The van der Waals surface area contributed by atoms with Crippen LogP contribution in [0, 0.1) is 10.1 Å². The van der Waals surface area contributed by atoms with Gasteiger partial charge in [-0.15, -0.1) is 0 Å². The third kappa shape index (κ3) is 2.81. The normalized spacial score (nSPS) is 10.4. The number of hydrogen-bond acceptors (Lipinski definition) is 6. The van der Waals surface area contributed by atoms with Gasteiger partial charge in [-0.25, -0.2) is 4.79 Å². The Morgan fingerprint density at radius 1 is 1.24 bits per heavy atom. The number of H-pyrrole nitrogens is 2. The summed E-state index contributed by atoms with van der Waals surface area (Å²) in [7, 11) is 2.78. The minimum Gasteiger partial charge on any atom is -0.493 e. The average Bonchev–Trinajstić information content (AvgIpc) is 2.76. The lowest BCUT2D eigenvalue weighted by Crippen LogP contribution is -2.03. The van der Waals surface area contributed by atoms with Crippen molar-refractivity contribution in [2.45, 2.75) is 6.42 Å². The number of rotatable bonds is 5. The van der Waals surface area contributed by atoms with E-state index in [9.17, 15) is 20.0 Å². The maximum Gasteiger partial charge on any atom is 0.325 e. The van der Waals surface area contributed by atoms with E-state index >= 15 is 0 Å². The van der Waals surface area contributed by atoms with Gasteiger partial charge in [-0.1, -0.05) is 0 Å². The topological polar surface area (TPSA) is 130 Å². The molecule has 0 radical (unpaired) electrons. The minimum absolute atomic E-state index is 0.0404. The number of hydrogen-bond donors (Lipinski definition) is 3. The van der Waals surface area contributed by atoms with Gasteiger partial charge in [0.1, 0.15) is 0 Å². The molecule has 0 spiro atoms. The van der Waals surface area contributed by atoms with Crippen molar-refractivity contribution < 1.29 is 19.5 Å². The summed E-state index contributed by atoms with van der Waals surface area (Å²) in [5, 5.41) is 20.7. The van der Waals surface area contributed by atoms with Crippen molar-refractivity contribution in [2.24, 2.45) is 0 Å². The summed E-state index contributed by atoms with van der Waals surface area (Å²) < 4.78 is 10.1. The van der Waals surface area contributed by atoms with Crippen molar-refractivity contribution >= 4 is 5.69 Å². The number of imidazole rings is 1. The van der Waals surface area contributed by atoms with Crippen LogP contribution in [0.15, 0.2) is 16.9 Å².